The lowest BCUT2D eigenvalue weighted by Crippen LogP contribution is -2.13. The maximum absolute atomic E-state index is 10.3. The summed E-state index contributed by atoms with van der Waals surface area (Å²) in [7, 11) is 0. The van der Waals surface area contributed by atoms with E-state index in [-0.39, 0.29) is 0 Å². The molecule has 5 nitrogen and oxygen atoms in total. The quantitative estimate of drug-likeness (QED) is 0.568. The molecule has 3 heterocycles. The molecule has 0 spiro atoms. The minimum absolute atomic E-state index is 0.363. The molecule has 0 amide bonds. The van der Waals surface area contributed by atoms with Crippen LogP contribution in [0.1, 0.15) is 11.7 Å². The molecule has 0 bridgehead atoms. The van der Waals surface area contributed by atoms with Crippen molar-refractivity contribution < 1.29 is 5.11 Å². The molecule has 0 aliphatic rings. The summed E-state index contributed by atoms with van der Waals surface area (Å²) in [5.74, 6) is 0.646. The van der Waals surface area contributed by atoms with Gasteiger partial charge in [0.05, 0.1) is 6.10 Å². The van der Waals surface area contributed by atoms with E-state index in [1.165, 1.54) is 6.33 Å². The van der Waals surface area contributed by atoms with Gasteiger partial charge in [-0.1, -0.05) is 41.7 Å². The predicted molar refractivity (Wildman–Crippen MR) is 98.4 cm³/mol. The number of aliphatic hydroxyl groups is 1. The maximum Gasteiger partial charge on any atom is 0.157 e. The van der Waals surface area contributed by atoms with Crippen molar-refractivity contribution in [3.8, 4) is 10.6 Å². The minimum atomic E-state index is -0.605. The van der Waals surface area contributed by atoms with Gasteiger partial charge in [-0.25, -0.2) is 15.0 Å². The number of thiazole rings is 1. The second kappa shape index (κ2) is 6.64. The Kier molecular flexibility index (Phi) is 4.20. The van der Waals surface area contributed by atoms with E-state index in [1.807, 2.05) is 41.8 Å². The lowest BCUT2D eigenvalue weighted by Gasteiger charge is -2.12. The van der Waals surface area contributed by atoms with Gasteiger partial charge in [0, 0.05) is 17.5 Å². The molecule has 7 heteroatoms. The van der Waals surface area contributed by atoms with Gasteiger partial charge in [-0.15, -0.1) is 0 Å². The van der Waals surface area contributed by atoms with Crippen molar-refractivity contribution in [2.75, 3.05) is 11.9 Å². The zero-order chi connectivity index (χ0) is 16.4. The molecule has 0 radical (unpaired) electrons. The van der Waals surface area contributed by atoms with Crippen LogP contribution in [0.25, 0.3) is 20.9 Å². The van der Waals surface area contributed by atoms with Gasteiger partial charge in [-0.2, -0.15) is 11.3 Å². The number of anilines is 1. The Morgan fingerprint density at radius 1 is 1.12 bits per heavy atom. The number of benzene rings is 1. The van der Waals surface area contributed by atoms with Crippen molar-refractivity contribution in [2.24, 2.45) is 0 Å². The second-order valence-corrected chi connectivity index (χ2v) is 6.97. The summed E-state index contributed by atoms with van der Waals surface area (Å²) in [4.78, 5) is 14.1. The maximum atomic E-state index is 10.3. The van der Waals surface area contributed by atoms with Crippen LogP contribution in [0.2, 0.25) is 0 Å². The molecule has 120 valence electrons. The Hall–Kier alpha value is -2.35. The highest BCUT2D eigenvalue weighted by atomic mass is 32.1. The van der Waals surface area contributed by atoms with Crippen molar-refractivity contribution in [2.45, 2.75) is 6.10 Å². The number of aliphatic hydroxyl groups excluding tert-OH is 1. The summed E-state index contributed by atoms with van der Waals surface area (Å²) in [6.07, 6.45) is 0.918. The molecular weight excluding hydrogens is 340 g/mol. The van der Waals surface area contributed by atoms with Crippen LogP contribution < -0.4 is 5.32 Å². The fraction of sp³-hybridized carbons (Fsp3) is 0.118. The van der Waals surface area contributed by atoms with E-state index in [2.05, 4.69) is 25.6 Å². The zero-order valence-corrected chi connectivity index (χ0v) is 14.2. The van der Waals surface area contributed by atoms with Gasteiger partial charge in [0.25, 0.3) is 0 Å². The number of hydrogen-bond acceptors (Lipinski definition) is 7. The van der Waals surface area contributed by atoms with E-state index in [9.17, 15) is 5.11 Å². The molecule has 0 fully saturated rings. The first-order valence-corrected chi connectivity index (χ1v) is 9.18. The standard InChI is InChI=1S/C17H14N4OS2/c22-13(11-4-2-1-3-5-11)8-18-15-14-17(20-10-19-15)24-16(21-14)12-6-7-23-9-12/h1-7,9-10,13,22H,8H2,(H,18,19,20). The van der Waals surface area contributed by atoms with Gasteiger partial charge in [-0.05, 0) is 17.0 Å². The highest BCUT2D eigenvalue weighted by Crippen LogP contribution is 2.32. The summed E-state index contributed by atoms with van der Waals surface area (Å²) >= 11 is 3.18. The number of thiophene rings is 1. The topological polar surface area (TPSA) is 70.9 Å². The third-order valence-corrected chi connectivity index (χ3v) is 5.31. The van der Waals surface area contributed by atoms with Gasteiger partial charge >= 0.3 is 0 Å². The van der Waals surface area contributed by atoms with Crippen LogP contribution in [0.15, 0.2) is 53.5 Å². The molecule has 4 rings (SSSR count). The number of nitrogens with zero attached hydrogens (tertiary/aromatic N) is 3. The van der Waals surface area contributed by atoms with Crippen LogP contribution in [0.5, 0.6) is 0 Å². The first-order chi connectivity index (χ1) is 11.8. The van der Waals surface area contributed by atoms with Crippen molar-refractivity contribution >= 4 is 38.8 Å². The van der Waals surface area contributed by atoms with E-state index in [4.69, 9.17) is 0 Å². The van der Waals surface area contributed by atoms with Crippen LogP contribution in [0.4, 0.5) is 5.82 Å². The van der Waals surface area contributed by atoms with Gasteiger partial charge in [0.15, 0.2) is 5.82 Å². The molecule has 0 saturated carbocycles. The molecule has 0 saturated heterocycles. The van der Waals surface area contributed by atoms with Crippen LogP contribution in [0.3, 0.4) is 0 Å². The van der Waals surface area contributed by atoms with Crippen LogP contribution >= 0.6 is 22.7 Å². The average Bonchev–Trinajstić information content (AvgIpc) is 3.29. The Morgan fingerprint density at radius 3 is 2.79 bits per heavy atom. The summed E-state index contributed by atoms with van der Waals surface area (Å²) in [5, 5.41) is 18.5. The minimum Gasteiger partial charge on any atom is -0.387 e. The Morgan fingerprint density at radius 2 is 2.00 bits per heavy atom. The van der Waals surface area contributed by atoms with Gasteiger partial charge in [0.2, 0.25) is 0 Å². The molecule has 1 unspecified atom stereocenters. The Balaban J connectivity index is 1.58. The van der Waals surface area contributed by atoms with Crippen molar-refractivity contribution in [3.63, 3.8) is 0 Å². The van der Waals surface area contributed by atoms with E-state index >= 15 is 0 Å². The number of hydrogen-bond donors (Lipinski definition) is 2. The molecule has 1 atom stereocenters. The fourth-order valence-corrected chi connectivity index (χ4v) is 4.00. The first-order valence-electron chi connectivity index (χ1n) is 7.42. The molecule has 4 aromatic rings. The highest BCUT2D eigenvalue weighted by molar-refractivity contribution is 7.21. The molecule has 0 aliphatic heterocycles. The Labute approximate surface area is 146 Å². The number of aromatic nitrogens is 3. The number of fused-ring (bicyclic) bond motifs is 1. The predicted octanol–water partition coefficient (Wildman–Crippen LogP) is 3.96. The zero-order valence-electron chi connectivity index (χ0n) is 12.6. The highest BCUT2D eigenvalue weighted by Gasteiger charge is 2.13. The largest absolute Gasteiger partial charge is 0.387 e. The second-order valence-electron chi connectivity index (χ2n) is 5.21. The lowest BCUT2D eigenvalue weighted by molar-refractivity contribution is 0.191. The third kappa shape index (κ3) is 3.01. The molecule has 0 aliphatic carbocycles. The van der Waals surface area contributed by atoms with Crippen molar-refractivity contribution in [3.05, 3.63) is 59.0 Å². The average molecular weight is 354 g/mol. The monoisotopic (exact) mass is 354 g/mol. The molecule has 2 N–H and O–H groups in total. The van der Waals surface area contributed by atoms with E-state index < -0.39 is 6.10 Å². The third-order valence-electron chi connectivity index (χ3n) is 3.61. The Bertz CT molecular complexity index is 938. The smallest absolute Gasteiger partial charge is 0.157 e. The molecular formula is C17H14N4OS2. The lowest BCUT2D eigenvalue weighted by atomic mass is 10.1. The molecule has 24 heavy (non-hydrogen) atoms. The van der Waals surface area contributed by atoms with E-state index in [0.717, 1.165) is 26.5 Å². The molecule has 1 aromatic carbocycles. The van der Waals surface area contributed by atoms with Crippen molar-refractivity contribution in [1.29, 1.82) is 0 Å². The van der Waals surface area contributed by atoms with E-state index in [0.29, 0.717) is 12.4 Å². The number of rotatable bonds is 5. The fourth-order valence-electron chi connectivity index (χ4n) is 2.38. The molecule has 3 aromatic heterocycles. The summed E-state index contributed by atoms with van der Waals surface area (Å²) in [6.45, 7) is 0.363. The normalized spacial score (nSPS) is 12.4. The first kappa shape index (κ1) is 15.2. The van der Waals surface area contributed by atoms with Crippen molar-refractivity contribution in [1.82, 2.24) is 15.0 Å². The van der Waals surface area contributed by atoms with Crippen LogP contribution in [-0.2, 0) is 0 Å². The van der Waals surface area contributed by atoms with E-state index in [1.54, 1.807) is 22.7 Å². The number of nitrogens with one attached hydrogen (secondary N) is 1. The van der Waals surface area contributed by atoms with Crippen LogP contribution in [0, 0.1) is 0 Å². The van der Waals surface area contributed by atoms with Gasteiger partial charge < -0.3 is 10.4 Å². The summed E-state index contributed by atoms with van der Waals surface area (Å²) < 4.78 is 0. The van der Waals surface area contributed by atoms with Crippen LogP contribution in [-0.4, -0.2) is 26.6 Å². The summed E-state index contributed by atoms with van der Waals surface area (Å²) in [5.41, 5.74) is 2.70. The SMILES string of the molecule is OC(CNc1ncnc2sc(-c3ccsc3)nc12)c1ccccc1. The summed E-state index contributed by atoms with van der Waals surface area (Å²) in [6, 6.07) is 11.6. The van der Waals surface area contributed by atoms with Gasteiger partial charge in [-0.3, -0.25) is 0 Å². The van der Waals surface area contributed by atoms with Gasteiger partial charge in [0.1, 0.15) is 21.7 Å².